The summed E-state index contributed by atoms with van der Waals surface area (Å²) >= 11 is 3.29. The maximum atomic E-state index is 13.1. The number of carbonyl (C=O) groups is 1. The third kappa shape index (κ3) is 3.58. The van der Waals surface area contributed by atoms with Gasteiger partial charge in [0.15, 0.2) is 35.5 Å². The van der Waals surface area contributed by atoms with E-state index in [1.54, 1.807) is 18.2 Å². The normalized spacial score (nSPS) is 10.3. The van der Waals surface area contributed by atoms with Crippen molar-refractivity contribution in [3.63, 3.8) is 0 Å². The highest BCUT2D eigenvalue weighted by atomic mass is 79.9. The van der Waals surface area contributed by atoms with Gasteiger partial charge in [-0.05, 0) is 46.3 Å². The van der Waals surface area contributed by atoms with Crippen LogP contribution in [0.15, 0.2) is 40.9 Å². The van der Waals surface area contributed by atoms with Crippen LogP contribution in [0, 0.1) is 11.6 Å². The summed E-state index contributed by atoms with van der Waals surface area (Å²) in [4.78, 5) is 11.9. The fourth-order valence-electron chi connectivity index (χ4n) is 1.68. The molecule has 21 heavy (non-hydrogen) atoms. The van der Waals surface area contributed by atoms with E-state index in [0.29, 0.717) is 16.0 Å². The van der Waals surface area contributed by atoms with E-state index in [-0.39, 0.29) is 12.2 Å². The standard InChI is InChI=1S/C15H11BrF2O3/c1-20-14-4-2-3-10(16)15(14)21-8-13(19)9-5-6-11(17)12(18)7-9/h2-7H,8H2,1H3. The lowest BCUT2D eigenvalue weighted by Crippen LogP contribution is -2.12. The lowest BCUT2D eigenvalue weighted by molar-refractivity contribution is 0.0918. The molecule has 110 valence electrons. The fourth-order valence-corrected chi connectivity index (χ4v) is 2.14. The molecule has 0 bridgehead atoms. The van der Waals surface area contributed by atoms with Crippen molar-refractivity contribution in [2.24, 2.45) is 0 Å². The van der Waals surface area contributed by atoms with E-state index in [9.17, 15) is 13.6 Å². The molecule has 0 spiro atoms. The van der Waals surface area contributed by atoms with Crippen LogP contribution in [0.3, 0.4) is 0 Å². The summed E-state index contributed by atoms with van der Waals surface area (Å²) < 4.78 is 37.1. The van der Waals surface area contributed by atoms with E-state index in [4.69, 9.17) is 9.47 Å². The molecule has 0 radical (unpaired) electrons. The smallest absolute Gasteiger partial charge is 0.200 e. The van der Waals surface area contributed by atoms with Gasteiger partial charge in [-0.2, -0.15) is 0 Å². The number of benzene rings is 2. The Bertz CT molecular complexity index is 674. The molecule has 2 aromatic rings. The van der Waals surface area contributed by atoms with E-state index in [0.717, 1.165) is 12.1 Å². The SMILES string of the molecule is COc1cccc(Br)c1OCC(=O)c1ccc(F)c(F)c1. The summed E-state index contributed by atoms with van der Waals surface area (Å²) in [5.41, 5.74) is 0.0416. The van der Waals surface area contributed by atoms with E-state index >= 15 is 0 Å². The van der Waals surface area contributed by atoms with Gasteiger partial charge in [-0.15, -0.1) is 0 Å². The van der Waals surface area contributed by atoms with Crippen LogP contribution in [-0.2, 0) is 0 Å². The first-order chi connectivity index (χ1) is 10.0. The highest BCUT2D eigenvalue weighted by molar-refractivity contribution is 9.10. The van der Waals surface area contributed by atoms with Crippen LogP contribution < -0.4 is 9.47 Å². The second-order valence-corrected chi connectivity index (χ2v) is 4.97. The zero-order valence-corrected chi connectivity index (χ0v) is 12.6. The van der Waals surface area contributed by atoms with Gasteiger partial charge >= 0.3 is 0 Å². The van der Waals surface area contributed by atoms with E-state index in [1.165, 1.54) is 13.2 Å². The zero-order chi connectivity index (χ0) is 15.4. The average Bonchev–Trinajstić information content (AvgIpc) is 2.48. The number of Topliss-reactive ketones (excluding diaryl/α,β-unsaturated/α-hetero) is 1. The van der Waals surface area contributed by atoms with Gasteiger partial charge in [0.25, 0.3) is 0 Å². The molecule has 0 saturated heterocycles. The summed E-state index contributed by atoms with van der Waals surface area (Å²) in [6.45, 7) is -0.315. The third-order valence-electron chi connectivity index (χ3n) is 2.74. The summed E-state index contributed by atoms with van der Waals surface area (Å²) in [6.07, 6.45) is 0. The van der Waals surface area contributed by atoms with Crippen LogP contribution in [0.5, 0.6) is 11.5 Å². The largest absolute Gasteiger partial charge is 0.493 e. The maximum absolute atomic E-state index is 13.1. The predicted molar refractivity (Wildman–Crippen MR) is 76.9 cm³/mol. The number of carbonyl (C=O) groups excluding carboxylic acids is 1. The second kappa shape index (κ2) is 6.67. The lowest BCUT2D eigenvalue weighted by atomic mass is 10.1. The quantitative estimate of drug-likeness (QED) is 0.759. The first-order valence-corrected chi connectivity index (χ1v) is 6.75. The number of hydrogen-bond donors (Lipinski definition) is 0. The van der Waals surface area contributed by atoms with Crippen molar-refractivity contribution in [3.8, 4) is 11.5 Å². The Hall–Kier alpha value is -1.95. The van der Waals surface area contributed by atoms with Crippen molar-refractivity contribution in [1.82, 2.24) is 0 Å². The summed E-state index contributed by atoms with van der Waals surface area (Å²) in [5, 5.41) is 0. The number of para-hydroxylation sites is 1. The molecule has 0 N–H and O–H groups in total. The van der Waals surface area contributed by atoms with E-state index < -0.39 is 17.4 Å². The average molecular weight is 357 g/mol. The molecular formula is C15H11BrF2O3. The van der Waals surface area contributed by atoms with Gasteiger partial charge in [-0.25, -0.2) is 8.78 Å². The molecule has 0 aliphatic rings. The van der Waals surface area contributed by atoms with Gasteiger partial charge in [0, 0.05) is 5.56 Å². The molecule has 0 aromatic heterocycles. The van der Waals surface area contributed by atoms with Crippen molar-refractivity contribution in [2.75, 3.05) is 13.7 Å². The molecule has 0 amide bonds. The third-order valence-corrected chi connectivity index (χ3v) is 3.36. The van der Waals surface area contributed by atoms with Crippen LogP contribution >= 0.6 is 15.9 Å². The van der Waals surface area contributed by atoms with Crippen molar-refractivity contribution in [1.29, 1.82) is 0 Å². The van der Waals surface area contributed by atoms with Crippen molar-refractivity contribution in [2.45, 2.75) is 0 Å². The number of hydrogen-bond acceptors (Lipinski definition) is 3. The molecule has 0 unspecified atom stereocenters. The zero-order valence-electron chi connectivity index (χ0n) is 11.0. The molecule has 0 atom stereocenters. The molecule has 2 rings (SSSR count). The molecule has 2 aromatic carbocycles. The van der Waals surface area contributed by atoms with Crippen LogP contribution in [0.4, 0.5) is 8.78 Å². The first kappa shape index (κ1) is 15.4. The number of methoxy groups -OCH3 is 1. The first-order valence-electron chi connectivity index (χ1n) is 5.96. The van der Waals surface area contributed by atoms with Crippen molar-refractivity contribution >= 4 is 21.7 Å². The van der Waals surface area contributed by atoms with Gasteiger partial charge in [0.2, 0.25) is 0 Å². The number of ketones is 1. The topological polar surface area (TPSA) is 35.5 Å². The minimum absolute atomic E-state index is 0.0416. The van der Waals surface area contributed by atoms with Crippen LogP contribution in [0.1, 0.15) is 10.4 Å². The molecule has 0 saturated carbocycles. The molecule has 0 heterocycles. The van der Waals surface area contributed by atoms with E-state index in [1.807, 2.05) is 0 Å². The van der Waals surface area contributed by atoms with Crippen LogP contribution in [0.25, 0.3) is 0 Å². The van der Waals surface area contributed by atoms with Gasteiger partial charge in [-0.1, -0.05) is 6.07 Å². The molecule has 0 fully saturated rings. The molecule has 3 nitrogen and oxygen atoms in total. The van der Waals surface area contributed by atoms with Gasteiger partial charge in [-0.3, -0.25) is 4.79 Å². The Morgan fingerprint density at radius 3 is 2.62 bits per heavy atom. The Balaban J connectivity index is 2.13. The van der Waals surface area contributed by atoms with Gasteiger partial charge in [0.05, 0.1) is 11.6 Å². The van der Waals surface area contributed by atoms with Crippen LogP contribution in [0.2, 0.25) is 0 Å². The lowest BCUT2D eigenvalue weighted by Gasteiger charge is -2.11. The number of rotatable bonds is 5. The predicted octanol–water partition coefficient (Wildman–Crippen LogP) is 4.00. The minimum Gasteiger partial charge on any atom is -0.493 e. The maximum Gasteiger partial charge on any atom is 0.200 e. The van der Waals surface area contributed by atoms with E-state index in [2.05, 4.69) is 15.9 Å². The number of ether oxygens (including phenoxy) is 2. The monoisotopic (exact) mass is 356 g/mol. The Morgan fingerprint density at radius 2 is 1.95 bits per heavy atom. The van der Waals surface area contributed by atoms with Crippen LogP contribution in [-0.4, -0.2) is 19.5 Å². The Kier molecular flexibility index (Phi) is 4.90. The minimum atomic E-state index is -1.07. The van der Waals surface area contributed by atoms with Gasteiger partial charge < -0.3 is 9.47 Å². The molecule has 6 heteroatoms. The number of halogens is 3. The van der Waals surface area contributed by atoms with Crippen molar-refractivity contribution in [3.05, 3.63) is 58.1 Å². The Morgan fingerprint density at radius 1 is 1.19 bits per heavy atom. The van der Waals surface area contributed by atoms with Crippen molar-refractivity contribution < 1.29 is 23.0 Å². The summed E-state index contributed by atoms with van der Waals surface area (Å²) in [6, 6.07) is 8.14. The fraction of sp³-hybridized carbons (Fsp3) is 0.133. The molecular weight excluding hydrogens is 346 g/mol. The molecule has 0 aliphatic heterocycles. The summed E-state index contributed by atoms with van der Waals surface area (Å²) in [7, 11) is 1.48. The highest BCUT2D eigenvalue weighted by Gasteiger charge is 2.14. The van der Waals surface area contributed by atoms with Gasteiger partial charge in [0.1, 0.15) is 0 Å². The molecule has 0 aliphatic carbocycles. The summed E-state index contributed by atoms with van der Waals surface area (Å²) in [5.74, 6) is -1.70. The second-order valence-electron chi connectivity index (χ2n) is 4.11. The highest BCUT2D eigenvalue weighted by Crippen LogP contribution is 2.34. The Labute approximate surface area is 128 Å².